The first-order chi connectivity index (χ1) is 22.2. The van der Waals surface area contributed by atoms with Gasteiger partial charge in [0.2, 0.25) is 0 Å². The van der Waals surface area contributed by atoms with Crippen molar-refractivity contribution in [3.63, 3.8) is 0 Å². The fourth-order valence-electron chi connectivity index (χ4n) is 5.11. The van der Waals surface area contributed by atoms with Crippen LogP contribution in [0.4, 0.5) is 0 Å². The van der Waals surface area contributed by atoms with E-state index in [1.807, 2.05) is 0 Å². The second-order valence-electron chi connectivity index (χ2n) is 11.9. The molecule has 0 unspecified atom stereocenters. The maximum absolute atomic E-state index is 12.4. The molecule has 264 valence electrons. The highest BCUT2D eigenvalue weighted by Crippen LogP contribution is 2.18. The van der Waals surface area contributed by atoms with Crippen molar-refractivity contribution in [1.82, 2.24) is 5.32 Å². The van der Waals surface area contributed by atoms with Gasteiger partial charge < -0.3 is 30.5 Å². The van der Waals surface area contributed by atoms with Crippen molar-refractivity contribution in [1.29, 1.82) is 0 Å². The molecule has 0 fully saturated rings. The molecule has 10 heteroatoms. The molecule has 0 bridgehead atoms. The Bertz CT molecular complexity index is 951. The van der Waals surface area contributed by atoms with Crippen molar-refractivity contribution in [2.45, 2.75) is 148 Å². The summed E-state index contributed by atoms with van der Waals surface area (Å²) < 4.78 is 5.91. The summed E-state index contributed by atoms with van der Waals surface area (Å²) in [6.07, 6.45) is 23.9. The predicted molar refractivity (Wildman–Crippen MR) is 181 cm³/mol. The average molecular weight is 652 g/mol. The molecule has 0 heterocycles. The van der Waals surface area contributed by atoms with E-state index in [1.165, 1.54) is 89.9 Å². The minimum atomic E-state index is -1.48. The molecule has 1 aromatic carbocycles. The Morgan fingerprint density at radius 1 is 0.630 bits per heavy atom. The standard InChI is InChI=1S/C27H55NO3.C9H6O6/c1-3-5-7-9-12-16-20-26(21-17-13-10-8-6-4-2)31-27(30)22-18-14-11-15-19-23-28-24-25-29;10-7(11)4-1-2-5(8(12)13)6(3-4)9(14)15/h26,28-29H,3-25H2,1-2H3;1-3H,(H,10,11)(H,12,13)(H,14,15). The van der Waals surface area contributed by atoms with Gasteiger partial charge in [0.15, 0.2) is 0 Å². The SMILES string of the molecule is CCCCCCCCC(CCCCCCCC)OC(=O)CCCCCCCNCCO.O=C(O)c1ccc(C(=O)O)c(C(=O)O)c1. The summed E-state index contributed by atoms with van der Waals surface area (Å²) in [4.78, 5) is 44.1. The van der Waals surface area contributed by atoms with Crippen molar-refractivity contribution in [2.75, 3.05) is 19.7 Å². The lowest BCUT2D eigenvalue weighted by molar-refractivity contribution is -0.150. The van der Waals surface area contributed by atoms with Crippen LogP contribution >= 0.6 is 0 Å². The van der Waals surface area contributed by atoms with Gasteiger partial charge >= 0.3 is 23.9 Å². The van der Waals surface area contributed by atoms with Gasteiger partial charge in [-0.15, -0.1) is 0 Å². The number of carbonyl (C=O) groups excluding carboxylic acids is 1. The maximum Gasteiger partial charge on any atom is 0.336 e. The number of carboxylic acids is 3. The summed E-state index contributed by atoms with van der Waals surface area (Å²) in [5, 5.41) is 37.8. The number of nitrogens with one attached hydrogen (secondary N) is 1. The third kappa shape index (κ3) is 23.4. The molecule has 0 aliphatic heterocycles. The van der Waals surface area contributed by atoms with Crippen LogP contribution in [0.3, 0.4) is 0 Å². The quantitative estimate of drug-likeness (QED) is 0.0440. The Hall–Kier alpha value is -2.98. The number of carbonyl (C=O) groups is 4. The van der Waals surface area contributed by atoms with Gasteiger partial charge in [-0.2, -0.15) is 0 Å². The number of aromatic carboxylic acids is 3. The van der Waals surface area contributed by atoms with Crippen LogP contribution in [0, 0.1) is 0 Å². The molecule has 0 amide bonds. The molecule has 0 radical (unpaired) electrons. The van der Waals surface area contributed by atoms with Gasteiger partial charge in [0, 0.05) is 13.0 Å². The molecule has 1 rings (SSSR count). The van der Waals surface area contributed by atoms with E-state index in [4.69, 9.17) is 25.2 Å². The zero-order valence-electron chi connectivity index (χ0n) is 28.4. The number of aliphatic hydroxyl groups is 1. The van der Waals surface area contributed by atoms with Gasteiger partial charge in [0.25, 0.3) is 0 Å². The highest BCUT2D eigenvalue weighted by atomic mass is 16.5. The lowest BCUT2D eigenvalue weighted by Crippen LogP contribution is -2.19. The van der Waals surface area contributed by atoms with E-state index in [1.54, 1.807) is 0 Å². The molecule has 0 spiro atoms. The zero-order valence-corrected chi connectivity index (χ0v) is 28.4. The number of unbranched alkanes of at least 4 members (excludes halogenated alkanes) is 14. The number of hydrogen-bond donors (Lipinski definition) is 5. The number of esters is 1. The average Bonchev–Trinajstić information content (AvgIpc) is 3.03. The molecule has 1 aromatic rings. The van der Waals surface area contributed by atoms with Crippen molar-refractivity contribution in [3.05, 3.63) is 34.9 Å². The monoisotopic (exact) mass is 651 g/mol. The lowest BCUT2D eigenvalue weighted by atomic mass is 10.0. The molecule has 46 heavy (non-hydrogen) atoms. The fourth-order valence-corrected chi connectivity index (χ4v) is 5.11. The number of carboxylic acid groups (broad SMARTS) is 3. The number of aliphatic hydroxyl groups excluding tert-OH is 1. The molecule has 0 saturated heterocycles. The molecule has 0 atom stereocenters. The van der Waals surface area contributed by atoms with Crippen molar-refractivity contribution < 1.29 is 44.3 Å². The van der Waals surface area contributed by atoms with Gasteiger partial charge in [-0.05, 0) is 63.3 Å². The van der Waals surface area contributed by atoms with Gasteiger partial charge in [0.1, 0.15) is 6.10 Å². The molecule has 0 aromatic heterocycles. The summed E-state index contributed by atoms with van der Waals surface area (Å²) >= 11 is 0. The number of rotatable bonds is 28. The van der Waals surface area contributed by atoms with Gasteiger partial charge in [-0.1, -0.05) is 97.3 Å². The van der Waals surface area contributed by atoms with Crippen molar-refractivity contribution >= 4 is 23.9 Å². The van der Waals surface area contributed by atoms with E-state index in [-0.39, 0.29) is 24.2 Å². The van der Waals surface area contributed by atoms with E-state index < -0.39 is 29.0 Å². The first kappa shape index (κ1) is 43.0. The second-order valence-corrected chi connectivity index (χ2v) is 11.9. The van der Waals surface area contributed by atoms with Crippen LogP contribution in [0.1, 0.15) is 173 Å². The highest BCUT2D eigenvalue weighted by molar-refractivity contribution is 6.03. The number of hydrogen-bond acceptors (Lipinski definition) is 7. The van der Waals surface area contributed by atoms with Crippen LogP contribution in [0.5, 0.6) is 0 Å². The van der Waals surface area contributed by atoms with Crippen LogP contribution in [-0.4, -0.2) is 70.1 Å². The minimum Gasteiger partial charge on any atom is -0.478 e. The summed E-state index contributed by atoms with van der Waals surface area (Å²) in [6, 6.07) is 2.81. The van der Waals surface area contributed by atoms with E-state index in [0.717, 1.165) is 56.8 Å². The van der Waals surface area contributed by atoms with Crippen LogP contribution in [0.2, 0.25) is 0 Å². The van der Waals surface area contributed by atoms with Gasteiger partial charge in [0.05, 0.1) is 23.3 Å². The molecule has 0 saturated carbocycles. The number of ether oxygens (including phenoxy) is 1. The highest BCUT2D eigenvalue weighted by Gasteiger charge is 2.18. The predicted octanol–water partition coefficient (Wildman–Crippen LogP) is 8.10. The molecule has 5 N–H and O–H groups in total. The maximum atomic E-state index is 12.4. The van der Waals surface area contributed by atoms with E-state index in [2.05, 4.69) is 19.2 Å². The summed E-state index contributed by atoms with van der Waals surface area (Å²) in [5.41, 5.74) is -1.24. The molecule has 10 nitrogen and oxygen atoms in total. The first-order valence-electron chi connectivity index (χ1n) is 17.5. The van der Waals surface area contributed by atoms with Crippen molar-refractivity contribution in [2.24, 2.45) is 0 Å². The second kappa shape index (κ2) is 29.4. The first-order valence-corrected chi connectivity index (χ1v) is 17.5. The van der Waals surface area contributed by atoms with Crippen LogP contribution in [0.15, 0.2) is 18.2 Å². The van der Waals surface area contributed by atoms with E-state index in [0.29, 0.717) is 13.0 Å². The normalized spacial score (nSPS) is 10.8. The molecular weight excluding hydrogens is 590 g/mol. The van der Waals surface area contributed by atoms with Gasteiger partial charge in [-0.3, -0.25) is 4.79 Å². The Morgan fingerprint density at radius 2 is 1.13 bits per heavy atom. The Balaban J connectivity index is 0.00000112. The third-order valence-corrected chi connectivity index (χ3v) is 7.81. The fraction of sp³-hybridized carbons (Fsp3) is 0.722. The molecule has 0 aliphatic carbocycles. The largest absolute Gasteiger partial charge is 0.478 e. The van der Waals surface area contributed by atoms with Crippen LogP contribution < -0.4 is 5.32 Å². The third-order valence-electron chi connectivity index (χ3n) is 7.81. The topological polar surface area (TPSA) is 170 Å². The van der Waals surface area contributed by atoms with E-state index in [9.17, 15) is 19.2 Å². The van der Waals surface area contributed by atoms with E-state index >= 15 is 0 Å². The summed E-state index contributed by atoms with van der Waals surface area (Å²) in [7, 11) is 0. The van der Waals surface area contributed by atoms with Crippen molar-refractivity contribution in [3.8, 4) is 0 Å². The minimum absolute atomic E-state index is 0.0200. The summed E-state index contributed by atoms with van der Waals surface area (Å²) in [6.45, 7) is 6.38. The lowest BCUT2D eigenvalue weighted by Gasteiger charge is -2.18. The van der Waals surface area contributed by atoms with Crippen LogP contribution in [-0.2, 0) is 9.53 Å². The Labute approximate surface area is 276 Å². The summed E-state index contributed by atoms with van der Waals surface area (Å²) in [5.74, 6) is -4.18. The van der Waals surface area contributed by atoms with Crippen LogP contribution in [0.25, 0.3) is 0 Å². The smallest absolute Gasteiger partial charge is 0.336 e. The molecular formula is C36H61NO9. The van der Waals surface area contributed by atoms with Gasteiger partial charge in [-0.25, -0.2) is 14.4 Å². The Kier molecular flexibility index (Phi) is 27.5. The Morgan fingerprint density at radius 3 is 1.63 bits per heavy atom. The zero-order chi connectivity index (χ0) is 34.4. The molecule has 0 aliphatic rings. The number of benzene rings is 1.